The van der Waals surface area contributed by atoms with Gasteiger partial charge in [-0.1, -0.05) is 90.5 Å². The Morgan fingerprint density at radius 2 is 1.40 bits per heavy atom. The second kappa shape index (κ2) is 14.2. The molecule has 0 heterocycles. The molecule has 1 N–H and O–H groups in total. The third kappa shape index (κ3) is 7.64. The van der Waals surface area contributed by atoms with Crippen molar-refractivity contribution >= 4 is 23.4 Å². The molecule has 0 fully saturated rings. The maximum atomic E-state index is 13.8. The molecule has 2 amide bonds. The minimum atomic E-state index is -0.813. The van der Waals surface area contributed by atoms with Crippen molar-refractivity contribution in [1.29, 1.82) is 0 Å². The van der Waals surface area contributed by atoms with Crippen LogP contribution in [0.2, 0.25) is 5.02 Å². The van der Waals surface area contributed by atoms with Crippen molar-refractivity contribution in [3.63, 3.8) is 0 Å². The molecule has 0 aliphatic carbocycles. The Kier molecular flexibility index (Phi) is 10.2. The van der Waals surface area contributed by atoms with E-state index in [9.17, 15) is 9.59 Å². The number of carbonyl (C=O) groups is 2. The first kappa shape index (κ1) is 28.7. The number of methoxy groups -OCH3 is 2. The first-order valence-electron chi connectivity index (χ1n) is 13.1. The van der Waals surface area contributed by atoms with E-state index in [0.717, 1.165) is 22.3 Å². The van der Waals surface area contributed by atoms with Crippen molar-refractivity contribution in [2.45, 2.75) is 25.4 Å². The second-order valence-electron chi connectivity index (χ2n) is 9.35. The van der Waals surface area contributed by atoms with Crippen LogP contribution >= 0.6 is 11.6 Å². The Bertz CT molecular complexity index is 1400. The lowest BCUT2D eigenvalue weighted by molar-refractivity contribution is -0.141. The summed E-state index contributed by atoms with van der Waals surface area (Å²) in [6.45, 7) is 0.679. The van der Waals surface area contributed by atoms with E-state index in [-0.39, 0.29) is 24.8 Å². The van der Waals surface area contributed by atoms with Crippen LogP contribution in [0.4, 0.5) is 0 Å². The number of benzene rings is 4. The summed E-state index contributed by atoms with van der Waals surface area (Å²) in [6.07, 6.45) is 0.733. The number of nitrogens with zero attached hydrogens (tertiary/aromatic N) is 1. The third-order valence-electron chi connectivity index (χ3n) is 6.62. The van der Waals surface area contributed by atoms with Crippen LogP contribution in [-0.2, 0) is 29.0 Å². The van der Waals surface area contributed by atoms with Crippen molar-refractivity contribution in [3.8, 4) is 11.5 Å². The highest BCUT2D eigenvalue weighted by molar-refractivity contribution is 6.30. The van der Waals surface area contributed by atoms with E-state index in [2.05, 4.69) is 5.32 Å². The van der Waals surface area contributed by atoms with E-state index in [1.165, 1.54) is 0 Å². The highest BCUT2D eigenvalue weighted by atomic mass is 35.5. The fraction of sp³-hybridized carbons (Fsp3) is 0.212. The molecule has 0 bridgehead atoms. The molecule has 0 spiro atoms. The number of hydrogen-bond acceptors (Lipinski definition) is 4. The maximum Gasteiger partial charge on any atom is 0.247 e. The van der Waals surface area contributed by atoms with Gasteiger partial charge in [0.2, 0.25) is 11.8 Å². The summed E-state index contributed by atoms with van der Waals surface area (Å²) in [7, 11) is 3.19. The second-order valence-corrected chi connectivity index (χ2v) is 9.79. The smallest absolute Gasteiger partial charge is 0.247 e. The Balaban J connectivity index is 1.58. The van der Waals surface area contributed by atoms with Crippen LogP contribution in [0.1, 0.15) is 28.3 Å². The standard InChI is InChI=1S/C33H33ClN2O4/c1-39-29-18-15-25(21-30(29)40-2)19-20-35-33(38)32(27-11-7-4-8-12-27)36(23-26-9-5-3-6-10-26)31(37)22-24-13-16-28(34)17-14-24/h3-18,21,32H,19-20,22-23H2,1-2H3,(H,35,38)/t32-/m0/s1. The molecule has 4 rings (SSSR count). The molecule has 0 saturated carbocycles. The van der Waals surface area contributed by atoms with Crippen LogP contribution in [0.15, 0.2) is 103 Å². The van der Waals surface area contributed by atoms with Crippen LogP contribution in [0.5, 0.6) is 11.5 Å². The molecule has 0 radical (unpaired) electrons. The minimum absolute atomic E-state index is 0.145. The van der Waals surface area contributed by atoms with Gasteiger partial charge < -0.3 is 19.7 Å². The van der Waals surface area contributed by atoms with Gasteiger partial charge in [0.05, 0.1) is 20.6 Å². The zero-order valence-corrected chi connectivity index (χ0v) is 23.4. The van der Waals surface area contributed by atoms with Crippen LogP contribution < -0.4 is 14.8 Å². The molecule has 1 atom stereocenters. The predicted octanol–water partition coefficient (Wildman–Crippen LogP) is 6.03. The minimum Gasteiger partial charge on any atom is -0.493 e. The molecule has 0 aromatic heterocycles. The van der Waals surface area contributed by atoms with Gasteiger partial charge in [-0.2, -0.15) is 0 Å². The van der Waals surface area contributed by atoms with Gasteiger partial charge in [-0.15, -0.1) is 0 Å². The molecule has 6 nitrogen and oxygen atoms in total. The first-order chi connectivity index (χ1) is 19.5. The largest absolute Gasteiger partial charge is 0.493 e. The molecule has 7 heteroatoms. The van der Waals surface area contributed by atoms with Crippen molar-refractivity contribution in [2.24, 2.45) is 0 Å². The van der Waals surface area contributed by atoms with Gasteiger partial charge in [-0.25, -0.2) is 0 Å². The van der Waals surface area contributed by atoms with Crippen molar-refractivity contribution < 1.29 is 19.1 Å². The molecule has 0 aliphatic rings. The number of carbonyl (C=O) groups excluding carboxylic acids is 2. The number of ether oxygens (including phenoxy) is 2. The number of halogens is 1. The lowest BCUT2D eigenvalue weighted by atomic mass is 10.0. The molecule has 206 valence electrons. The maximum absolute atomic E-state index is 13.8. The van der Waals surface area contributed by atoms with E-state index in [1.54, 1.807) is 31.3 Å². The average Bonchev–Trinajstić information content (AvgIpc) is 2.99. The van der Waals surface area contributed by atoms with Gasteiger partial charge in [0.1, 0.15) is 6.04 Å². The SMILES string of the molecule is COc1ccc(CCNC(=O)[C@H](c2ccccc2)N(Cc2ccccc2)C(=O)Cc2ccc(Cl)cc2)cc1OC. The predicted molar refractivity (Wildman–Crippen MR) is 158 cm³/mol. The van der Waals surface area contributed by atoms with E-state index in [4.69, 9.17) is 21.1 Å². The molecule has 0 unspecified atom stereocenters. The molecular formula is C33H33ClN2O4. The highest BCUT2D eigenvalue weighted by Crippen LogP contribution is 2.28. The van der Waals surface area contributed by atoms with E-state index < -0.39 is 6.04 Å². The number of amides is 2. The van der Waals surface area contributed by atoms with Crippen molar-refractivity contribution in [1.82, 2.24) is 10.2 Å². The normalized spacial score (nSPS) is 11.4. The number of hydrogen-bond donors (Lipinski definition) is 1. The Morgan fingerprint density at radius 3 is 2.05 bits per heavy atom. The monoisotopic (exact) mass is 556 g/mol. The van der Waals surface area contributed by atoms with Crippen LogP contribution in [0.25, 0.3) is 0 Å². The average molecular weight is 557 g/mol. The topological polar surface area (TPSA) is 67.9 Å². The molecule has 4 aromatic carbocycles. The van der Waals surface area contributed by atoms with Gasteiger partial charge in [0.15, 0.2) is 11.5 Å². The lowest BCUT2D eigenvalue weighted by Crippen LogP contribution is -2.44. The van der Waals surface area contributed by atoms with Crippen LogP contribution in [-0.4, -0.2) is 37.5 Å². The molecule has 40 heavy (non-hydrogen) atoms. The first-order valence-corrected chi connectivity index (χ1v) is 13.5. The van der Waals surface area contributed by atoms with Gasteiger partial charge in [0, 0.05) is 18.1 Å². The molecule has 0 saturated heterocycles. The van der Waals surface area contributed by atoms with Crippen LogP contribution in [0, 0.1) is 0 Å². The van der Waals surface area contributed by atoms with Gasteiger partial charge in [-0.05, 0) is 52.9 Å². The summed E-state index contributed by atoms with van der Waals surface area (Å²) in [5.74, 6) is 0.882. The van der Waals surface area contributed by atoms with Gasteiger partial charge >= 0.3 is 0 Å². The van der Waals surface area contributed by atoms with Gasteiger partial charge in [0.25, 0.3) is 0 Å². The lowest BCUT2D eigenvalue weighted by Gasteiger charge is -2.32. The summed E-state index contributed by atoms with van der Waals surface area (Å²) in [6, 6.07) is 31.2. The molecule has 4 aromatic rings. The van der Waals surface area contributed by atoms with Gasteiger partial charge in [-0.3, -0.25) is 9.59 Å². The van der Waals surface area contributed by atoms with E-state index in [0.29, 0.717) is 29.5 Å². The van der Waals surface area contributed by atoms with E-state index >= 15 is 0 Å². The Labute approximate surface area is 240 Å². The fourth-order valence-electron chi connectivity index (χ4n) is 4.55. The summed E-state index contributed by atoms with van der Waals surface area (Å²) < 4.78 is 10.7. The van der Waals surface area contributed by atoms with Crippen molar-refractivity contribution in [2.75, 3.05) is 20.8 Å². The summed E-state index contributed by atoms with van der Waals surface area (Å²) >= 11 is 6.05. The van der Waals surface area contributed by atoms with Crippen molar-refractivity contribution in [3.05, 3.63) is 130 Å². The zero-order valence-electron chi connectivity index (χ0n) is 22.7. The zero-order chi connectivity index (χ0) is 28.3. The van der Waals surface area contributed by atoms with Crippen LogP contribution in [0.3, 0.4) is 0 Å². The highest BCUT2D eigenvalue weighted by Gasteiger charge is 2.31. The fourth-order valence-corrected chi connectivity index (χ4v) is 4.68. The molecule has 0 aliphatic heterocycles. The third-order valence-corrected chi connectivity index (χ3v) is 6.87. The molecular weight excluding hydrogens is 524 g/mol. The quantitative estimate of drug-likeness (QED) is 0.231. The summed E-state index contributed by atoms with van der Waals surface area (Å²) in [5, 5.41) is 3.67. The van der Waals surface area contributed by atoms with E-state index in [1.807, 2.05) is 91.0 Å². The number of nitrogens with one attached hydrogen (secondary N) is 1. The Hall–Kier alpha value is -4.29. The summed E-state index contributed by atoms with van der Waals surface area (Å²) in [4.78, 5) is 29.3. The summed E-state index contributed by atoms with van der Waals surface area (Å²) in [5.41, 5.74) is 3.50. The Morgan fingerprint density at radius 1 is 0.775 bits per heavy atom. The number of rotatable bonds is 12.